The van der Waals surface area contributed by atoms with Crippen LogP contribution in [0.5, 0.6) is 0 Å². The first-order valence-corrected chi connectivity index (χ1v) is 11.5. The quantitative estimate of drug-likeness (QED) is 0.730. The van der Waals surface area contributed by atoms with E-state index in [9.17, 15) is 4.79 Å². The van der Waals surface area contributed by atoms with Crippen LogP contribution in [-0.2, 0) is 15.6 Å². The van der Waals surface area contributed by atoms with Gasteiger partial charge in [0.15, 0.2) is 0 Å². The van der Waals surface area contributed by atoms with Gasteiger partial charge in [0.05, 0.1) is 12.2 Å². The van der Waals surface area contributed by atoms with Crippen LogP contribution in [-0.4, -0.2) is 41.7 Å². The average molecular weight is 422 g/mol. The highest BCUT2D eigenvalue weighted by atomic mass is 16.4. The molecule has 5 nitrogen and oxygen atoms in total. The summed E-state index contributed by atoms with van der Waals surface area (Å²) in [4.78, 5) is 18.1. The monoisotopic (exact) mass is 421 g/mol. The molecule has 0 amide bonds. The van der Waals surface area contributed by atoms with Gasteiger partial charge in [-0.15, -0.1) is 0 Å². The normalized spacial score (nSPS) is 20.3. The number of anilines is 1. The van der Waals surface area contributed by atoms with Crippen LogP contribution in [0.3, 0.4) is 0 Å². The van der Waals surface area contributed by atoms with Crippen molar-refractivity contribution in [1.82, 2.24) is 10.3 Å². The van der Waals surface area contributed by atoms with Crippen LogP contribution in [0.2, 0.25) is 0 Å². The van der Waals surface area contributed by atoms with Crippen molar-refractivity contribution in [3.63, 3.8) is 0 Å². The Labute approximate surface area is 185 Å². The minimum Gasteiger partial charge on any atom is -0.480 e. The van der Waals surface area contributed by atoms with Gasteiger partial charge in [0, 0.05) is 24.7 Å². The predicted molar refractivity (Wildman–Crippen MR) is 126 cm³/mol. The zero-order chi connectivity index (χ0) is 22.2. The van der Waals surface area contributed by atoms with Gasteiger partial charge in [-0.1, -0.05) is 45.9 Å². The first kappa shape index (κ1) is 21.8. The molecular weight excluding hydrogens is 386 g/mol. The van der Waals surface area contributed by atoms with Crippen molar-refractivity contribution in [3.05, 3.63) is 47.5 Å². The summed E-state index contributed by atoms with van der Waals surface area (Å²) in [5.41, 5.74) is 5.54. The molecule has 166 valence electrons. The molecule has 1 fully saturated rings. The number of rotatable bonds is 5. The van der Waals surface area contributed by atoms with Crippen LogP contribution in [0.15, 0.2) is 36.4 Å². The third kappa shape index (κ3) is 4.62. The van der Waals surface area contributed by atoms with Crippen LogP contribution < -0.4 is 10.2 Å². The van der Waals surface area contributed by atoms with E-state index < -0.39 is 5.97 Å². The number of carboxylic acid groups (broad SMARTS) is 1. The third-order valence-corrected chi connectivity index (χ3v) is 7.24. The van der Waals surface area contributed by atoms with Crippen molar-refractivity contribution < 1.29 is 9.90 Å². The number of aromatic nitrogens is 1. The van der Waals surface area contributed by atoms with Gasteiger partial charge in [0.2, 0.25) is 0 Å². The summed E-state index contributed by atoms with van der Waals surface area (Å²) in [6.07, 6.45) is 4.29. The Morgan fingerprint density at radius 2 is 1.74 bits per heavy atom. The number of nitrogens with one attached hydrogen (secondary N) is 1. The van der Waals surface area contributed by atoms with Gasteiger partial charge in [-0.25, -0.2) is 4.98 Å². The minimum atomic E-state index is -0.798. The van der Waals surface area contributed by atoms with Crippen molar-refractivity contribution in [2.75, 3.05) is 24.5 Å². The van der Waals surface area contributed by atoms with Crippen molar-refractivity contribution >= 4 is 11.8 Å². The maximum absolute atomic E-state index is 10.8. The maximum Gasteiger partial charge on any atom is 0.317 e. The summed E-state index contributed by atoms with van der Waals surface area (Å²) in [6, 6.07) is 13.5. The van der Waals surface area contributed by atoms with Crippen LogP contribution in [0.25, 0.3) is 11.3 Å². The van der Waals surface area contributed by atoms with Crippen molar-refractivity contribution in [2.24, 2.45) is 0 Å². The van der Waals surface area contributed by atoms with E-state index in [0.29, 0.717) is 0 Å². The summed E-state index contributed by atoms with van der Waals surface area (Å²) in [5, 5.41) is 12.0. The van der Waals surface area contributed by atoms with E-state index in [1.165, 1.54) is 29.5 Å². The molecule has 31 heavy (non-hydrogen) atoms. The average Bonchev–Trinajstić information content (AvgIpc) is 2.76. The fourth-order valence-corrected chi connectivity index (χ4v) is 5.05. The smallest absolute Gasteiger partial charge is 0.317 e. The van der Waals surface area contributed by atoms with Gasteiger partial charge < -0.3 is 15.3 Å². The topological polar surface area (TPSA) is 65.5 Å². The Hall–Kier alpha value is -2.40. The zero-order valence-corrected chi connectivity index (χ0v) is 19.2. The molecule has 1 saturated heterocycles. The summed E-state index contributed by atoms with van der Waals surface area (Å²) >= 11 is 0. The summed E-state index contributed by atoms with van der Waals surface area (Å²) in [7, 11) is 0. The fraction of sp³-hybridized carbons (Fsp3) is 0.538. The highest BCUT2D eigenvalue weighted by molar-refractivity contribution is 5.69. The van der Waals surface area contributed by atoms with Crippen LogP contribution in [0.1, 0.15) is 64.5 Å². The van der Waals surface area contributed by atoms with Crippen molar-refractivity contribution in [3.8, 4) is 11.3 Å². The number of aliphatic carboxylic acids is 1. The molecule has 1 aliphatic heterocycles. The fourth-order valence-electron chi connectivity index (χ4n) is 5.05. The number of nitrogens with zero attached hydrogens (tertiary/aromatic N) is 2. The van der Waals surface area contributed by atoms with Crippen molar-refractivity contribution in [1.29, 1.82) is 0 Å². The summed E-state index contributed by atoms with van der Waals surface area (Å²) in [5.74, 6) is 0.208. The highest BCUT2D eigenvalue weighted by Gasteiger charge is 2.37. The van der Waals surface area contributed by atoms with Crippen LogP contribution in [0.4, 0.5) is 5.82 Å². The number of piperidine rings is 1. The molecule has 1 aromatic carbocycles. The lowest BCUT2D eigenvalue weighted by Crippen LogP contribution is -2.44. The molecule has 0 saturated carbocycles. The summed E-state index contributed by atoms with van der Waals surface area (Å²) < 4.78 is 0. The second kappa shape index (κ2) is 8.27. The van der Waals surface area contributed by atoms with Gasteiger partial charge in [-0.3, -0.25) is 4.79 Å². The van der Waals surface area contributed by atoms with E-state index in [4.69, 9.17) is 10.1 Å². The largest absolute Gasteiger partial charge is 0.480 e. The Balaban J connectivity index is 1.54. The lowest BCUT2D eigenvalue weighted by molar-refractivity contribution is -0.136. The van der Waals surface area contributed by atoms with Gasteiger partial charge in [0.25, 0.3) is 0 Å². The molecule has 0 atom stereocenters. The lowest BCUT2D eigenvalue weighted by Gasteiger charge is -2.42. The number of benzene rings is 1. The second-order valence-corrected chi connectivity index (χ2v) is 10.4. The van der Waals surface area contributed by atoms with E-state index in [2.05, 4.69) is 74.3 Å². The number of hydrogen-bond acceptors (Lipinski definition) is 4. The number of hydrogen-bond donors (Lipinski definition) is 2. The number of fused-ring (bicyclic) bond motifs is 1. The van der Waals surface area contributed by atoms with Gasteiger partial charge in [-0.05, 0) is 65.8 Å². The van der Waals surface area contributed by atoms with E-state index >= 15 is 0 Å². The molecule has 0 spiro atoms. The van der Waals surface area contributed by atoms with Crippen LogP contribution >= 0.6 is 0 Å². The van der Waals surface area contributed by atoms with Crippen LogP contribution in [0, 0.1) is 0 Å². The Kier molecular flexibility index (Phi) is 5.82. The van der Waals surface area contributed by atoms with Gasteiger partial charge in [-0.2, -0.15) is 0 Å². The molecule has 1 aliphatic carbocycles. The Morgan fingerprint density at radius 3 is 2.42 bits per heavy atom. The van der Waals surface area contributed by atoms with Crippen molar-refractivity contribution in [2.45, 2.75) is 70.3 Å². The first-order valence-electron chi connectivity index (χ1n) is 11.5. The molecule has 2 N–H and O–H groups in total. The second-order valence-electron chi connectivity index (χ2n) is 10.4. The zero-order valence-electron chi connectivity index (χ0n) is 19.2. The molecule has 2 aromatic rings. The number of pyridine rings is 1. The lowest BCUT2D eigenvalue weighted by atomic mass is 9.63. The molecule has 0 unspecified atom stereocenters. The Morgan fingerprint density at radius 1 is 1.06 bits per heavy atom. The summed E-state index contributed by atoms with van der Waals surface area (Å²) in [6.45, 7) is 11.2. The number of carbonyl (C=O) groups is 1. The van der Waals surface area contributed by atoms with E-state index in [0.717, 1.165) is 37.4 Å². The van der Waals surface area contributed by atoms with Gasteiger partial charge in [0.1, 0.15) is 5.82 Å². The molecule has 0 bridgehead atoms. The Bertz CT molecular complexity index is 959. The first-order chi connectivity index (χ1) is 14.7. The van der Waals surface area contributed by atoms with Gasteiger partial charge >= 0.3 is 5.97 Å². The molecule has 4 rings (SSSR count). The number of carboxylic acids is 1. The van der Waals surface area contributed by atoms with E-state index in [1.54, 1.807) is 0 Å². The predicted octanol–water partition coefficient (Wildman–Crippen LogP) is 4.74. The molecule has 1 aromatic heterocycles. The SMILES string of the molecule is CC1(C)CCC(C)(C)c2cc(-c3cccc(N4CCC(NCC(=O)O)CC4)n3)ccc21. The maximum atomic E-state index is 10.8. The molecular formula is C26H35N3O2. The van der Waals surface area contributed by atoms with E-state index in [-0.39, 0.29) is 23.4 Å². The molecule has 0 radical (unpaired) electrons. The molecule has 2 heterocycles. The minimum absolute atomic E-state index is 0.0316. The molecule has 2 aliphatic rings. The van der Waals surface area contributed by atoms with E-state index in [1.807, 2.05) is 0 Å². The molecule has 5 heteroatoms. The highest BCUT2D eigenvalue weighted by Crippen LogP contribution is 2.46. The standard InChI is InChI=1S/C26H35N3O2/c1-25(2)12-13-26(3,4)21-16-18(8-9-20(21)25)22-6-5-7-23(28-22)29-14-10-19(11-15-29)27-17-24(30)31/h5-9,16,19,27H,10-15,17H2,1-4H3,(H,30,31). The third-order valence-electron chi connectivity index (χ3n) is 7.24.